The zero-order valence-electron chi connectivity index (χ0n) is 48.6. The maximum atomic E-state index is 14.8. The molecule has 8 rings (SSSR count). The van der Waals surface area contributed by atoms with Crippen LogP contribution in [0.2, 0.25) is 0 Å². The summed E-state index contributed by atoms with van der Waals surface area (Å²) in [5, 5.41) is 6.44. The average molecular weight is 1090 g/mol. The molecule has 2 saturated carbocycles. The largest absolute Gasteiger partial charge is 0.344 e. The van der Waals surface area contributed by atoms with Crippen LogP contribution >= 0.6 is 0 Å². The molecule has 12 nitrogen and oxygen atoms in total. The monoisotopic (exact) mass is 1090 g/mol. The minimum atomic E-state index is -0.554. The second-order valence-electron chi connectivity index (χ2n) is 23.6. The zero-order chi connectivity index (χ0) is 56.4. The van der Waals surface area contributed by atoms with Crippen LogP contribution in [-0.2, 0) is 32.0 Å². The highest BCUT2D eigenvalue weighted by Crippen LogP contribution is 2.36. The molecule has 0 unspecified atom stereocenters. The van der Waals surface area contributed by atoms with Gasteiger partial charge in [0, 0.05) is 80.7 Å². The van der Waals surface area contributed by atoms with Gasteiger partial charge in [-0.3, -0.25) is 28.8 Å². The number of rotatable bonds is 26. The van der Waals surface area contributed by atoms with Crippen LogP contribution in [0.3, 0.4) is 0 Å². The van der Waals surface area contributed by atoms with Crippen LogP contribution < -0.4 is 10.6 Å². The molecule has 4 aliphatic rings. The molecular weight excluding hydrogens is 997 g/mol. The van der Waals surface area contributed by atoms with Crippen LogP contribution in [-0.4, -0.2) is 125 Å². The Morgan fingerprint density at radius 2 is 0.975 bits per heavy atom. The Bertz CT molecular complexity index is 2430. The molecule has 2 aliphatic carbocycles. The third kappa shape index (κ3) is 15.6. The van der Waals surface area contributed by atoms with Crippen molar-refractivity contribution in [2.24, 2.45) is 23.7 Å². The highest BCUT2D eigenvalue weighted by atomic mass is 16.2. The summed E-state index contributed by atoms with van der Waals surface area (Å²) >= 11 is 0. The first-order valence-corrected chi connectivity index (χ1v) is 31.0. The first-order valence-electron chi connectivity index (χ1n) is 31.0. The molecule has 5 atom stereocenters. The van der Waals surface area contributed by atoms with Crippen LogP contribution in [0.25, 0.3) is 11.1 Å². The van der Waals surface area contributed by atoms with Crippen LogP contribution in [0.1, 0.15) is 168 Å². The van der Waals surface area contributed by atoms with Gasteiger partial charge in [0.15, 0.2) is 5.78 Å². The van der Waals surface area contributed by atoms with E-state index < -0.39 is 6.04 Å². The Hall–Kier alpha value is -6.14. The molecule has 4 fully saturated rings. The number of carbonyl (C=O) groups is 6. The predicted molar refractivity (Wildman–Crippen MR) is 319 cm³/mol. The summed E-state index contributed by atoms with van der Waals surface area (Å²) in [6, 6.07) is 34.7. The van der Waals surface area contributed by atoms with Crippen molar-refractivity contribution in [3.05, 3.63) is 131 Å². The fourth-order valence-corrected chi connectivity index (χ4v) is 13.6. The normalized spacial score (nSPS) is 19.1. The number of ketones is 1. The fourth-order valence-electron chi connectivity index (χ4n) is 13.6. The van der Waals surface area contributed by atoms with Gasteiger partial charge in [-0.15, -0.1) is 0 Å². The number of benzene rings is 4. The molecule has 80 heavy (non-hydrogen) atoms. The SMILES string of the molecule is CCC(CC)C(=O)N[C@H](C(=O)N1CCC[C@H]1CN(CCc1ccccc1)C(=O)c1ccc(-c2ccc(C(=O)N(CCc3ccccc3)C[C@@H]3CCCN3C(=O)[C@@H](CC(=O)[C@H](CC)NC)C3CCCCC3)cc2)cc1)C1CCCCC1. The number of likely N-dealkylation sites (N-methyl/N-ethyl adjacent to an activating group) is 1. The minimum Gasteiger partial charge on any atom is -0.344 e. The quantitative estimate of drug-likeness (QED) is 0.0638. The summed E-state index contributed by atoms with van der Waals surface area (Å²) in [6.45, 7) is 9.14. The Labute approximate surface area is 478 Å². The molecule has 12 heteroatoms. The van der Waals surface area contributed by atoms with Crippen LogP contribution in [0.15, 0.2) is 109 Å². The standard InChI is InChI=1S/C68H92N6O6/c1-5-51(6-2)64(76)70-63(55-28-18-11-19-29-55)68(80)74-43-21-31-59(74)48-72(45-41-50-24-14-9-15-25-50)66(78)57-38-34-53(35-39-57)52-32-36-56(37-33-52)65(77)71(44-40-49-22-12-8-13-23-49)47-58-30-20-42-73(58)67(79)60(54-26-16-10-17-27-54)46-62(75)61(7-3)69-4/h8-9,12-15,22-25,32-39,51,54-55,58-61,63,69H,5-7,10-11,16-21,26-31,40-48H2,1-4H3,(H,70,76)/t58-,59-,60-,61-,63-/m0/s1. The predicted octanol–water partition coefficient (Wildman–Crippen LogP) is 11.4. The molecule has 4 aromatic rings. The lowest BCUT2D eigenvalue weighted by Gasteiger charge is -2.37. The summed E-state index contributed by atoms with van der Waals surface area (Å²) in [4.78, 5) is 94.0. The third-order valence-electron chi connectivity index (χ3n) is 18.5. The molecule has 2 aliphatic heterocycles. The summed E-state index contributed by atoms with van der Waals surface area (Å²) in [5.74, 6) is -0.174. The van der Waals surface area contributed by atoms with Gasteiger partial charge in [0.25, 0.3) is 11.8 Å². The van der Waals surface area contributed by atoms with Gasteiger partial charge >= 0.3 is 0 Å². The van der Waals surface area contributed by atoms with Crippen LogP contribution in [0, 0.1) is 23.7 Å². The van der Waals surface area contributed by atoms with E-state index >= 15 is 0 Å². The van der Waals surface area contributed by atoms with Gasteiger partial charge in [0.05, 0.1) is 6.04 Å². The van der Waals surface area contributed by atoms with Crippen molar-refractivity contribution < 1.29 is 28.8 Å². The highest BCUT2D eigenvalue weighted by molar-refractivity contribution is 5.96. The number of likely N-dealkylation sites (tertiary alicyclic amines) is 2. The van der Waals surface area contributed by atoms with E-state index in [1.54, 1.807) is 0 Å². The van der Waals surface area contributed by atoms with Gasteiger partial charge < -0.3 is 30.2 Å². The smallest absolute Gasteiger partial charge is 0.253 e. The molecule has 0 spiro atoms. The Balaban J connectivity index is 0.971. The summed E-state index contributed by atoms with van der Waals surface area (Å²) in [6.07, 6.45) is 17.5. The second-order valence-corrected chi connectivity index (χ2v) is 23.6. The highest BCUT2D eigenvalue weighted by Gasteiger charge is 2.42. The van der Waals surface area contributed by atoms with Gasteiger partial charge in [-0.25, -0.2) is 0 Å². The van der Waals surface area contributed by atoms with Crippen molar-refractivity contribution in [3.8, 4) is 11.1 Å². The first-order chi connectivity index (χ1) is 39.0. The van der Waals surface area contributed by atoms with Crippen molar-refractivity contribution in [1.29, 1.82) is 0 Å². The van der Waals surface area contributed by atoms with E-state index in [9.17, 15) is 28.8 Å². The van der Waals surface area contributed by atoms with E-state index in [2.05, 4.69) is 34.9 Å². The first kappa shape index (κ1) is 60.0. The molecule has 4 aromatic carbocycles. The number of nitrogens with zero attached hydrogens (tertiary/aromatic N) is 4. The Morgan fingerprint density at radius 3 is 1.41 bits per heavy atom. The lowest BCUT2D eigenvalue weighted by Crippen LogP contribution is -2.56. The lowest BCUT2D eigenvalue weighted by molar-refractivity contribution is -0.142. The number of Topliss-reactive ketones (excluding diaryl/α,β-unsaturated/α-hetero) is 1. The van der Waals surface area contributed by atoms with Gasteiger partial charge in [-0.1, -0.05) is 144 Å². The van der Waals surface area contributed by atoms with E-state index in [4.69, 9.17) is 0 Å². The number of carbonyl (C=O) groups excluding carboxylic acids is 6. The Kier molecular flexibility index (Phi) is 22.5. The molecule has 2 saturated heterocycles. The minimum absolute atomic E-state index is 0.00248. The molecule has 0 radical (unpaired) electrons. The number of amides is 5. The lowest BCUT2D eigenvalue weighted by atomic mass is 9.76. The van der Waals surface area contributed by atoms with Gasteiger partial charge in [0.2, 0.25) is 17.7 Å². The van der Waals surface area contributed by atoms with E-state index in [-0.39, 0.29) is 83.5 Å². The molecule has 2 N–H and O–H groups in total. The van der Waals surface area contributed by atoms with Crippen LogP contribution in [0.5, 0.6) is 0 Å². The van der Waals surface area contributed by atoms with Crippen molar-refractivity contribution in [2.45, 2.75) is 173 Å². The zero-order valence-corrected chi connectivity index (χ0v) is 48.6. The van der Waals surface area contributed by atoms with Gasteiger partial charge in [-0.05, 0) is 149 Å². The number of hydrogen-bond acceptors (Lipinski definition) is 7. The molecule has 0 bridgehead atoms. The number of nitrogens with one attached hydrogen (secondary N) is 2. The van der Waals surface area contributed by atoms with Gasteiger partial charge in [-0.2, -0.15) is 0 Å². The van der Waals surface area contributed by atoms with Crippen molar-refractivity contribution >= 4 is 35.3 Å². The topological polar surface area (TPSA) is 139 Å². The third-order valence-corrected chi connectivity index (χ3v) is 18.5. The number of hydrogen-bond donors (Lipinski definition) is 2. The van der Waals surface area contributed by atoms with Crippen molar-refractivity contribution in [2.75, 3.05) is 46.3 Å². The molecular formula is C68H92N6O6. The molecule has 5 amide bonds. The summed E-state index contributed by atoms with van der Waals surface area (Å²) < 4.78 is 0. The Morgan fingerprint density at radius 1 is 0.525 bits per heavy atom. The average Bonchev–Trinajstić information content (AvgIpc) is 4.20. The van der Waals surface area contributed by atoms with Crippen LogP contribution in [0.4, 0.5) is 0 Å². The fraction of sp³-hybridized carbons (Fsp3) is 0.559. The summed E-state index contributed by atoms with van der Waals surface area (Å²) in [7, 11) is 1.82. The van der Waals surface area contributed by atoms with Gasteiger partial charge in [0.1, 0.15) is 6.04 Å². The second kappa shape index (κ2) is 30.1. The van der Waals surface area contributed by atoms with E-state index in [0.29, 0.717) is 69.7 Å². The van der Waals surface area contributed by atoms with E-state index in [1.807, 2.05) is 132 Å². The maximum absolute atomic E-state index is 14.8. The van der Waals surface area contributed by atoms with E-state index in [0.717, 1.165) is 119 Å². The van der Waals surface area contributed by atoms with E-state index in [1.165, 1.54) is 6.42 Å². The molecule has 2 heterocycles. The summed E-state index contributed by atoms with van der Waals surface area (Å²) in [5.41, 5.74) is 5.24. The van der Waals surface area contributed by atoms with Crippen molar-refractivity contribution in [3.63, 3.8) is 0 Å². The van der Waals surface area contributed by atoms with Crippen molar-refractivity contribution in [1.82, 2.24) is 30.2 Å². The molecule has 430 valence electrons. The molecule has 0 aromatic heterocycles. The maximum Gasteiger partial charge on any atom is 0.253 e.